The van der Waals surface area contributed by atoms with Gasteiger partial charge in [0.25, 0.3) is 0 Å². The quantitative estimate of drug-likeness (QED) is 0.634. The summed E-state index contributed by atoms with van der Waals surface area (Å²) in [5.41, 5.74) is 6.23. The summed E-state index contributed by atoms with van der Waals surface area (Å²) >= 11 is 3.22. The fourth-order valence-electron chi connectivity index (χ4n) is 2.78. The summed E-state index contributed by atoms with van der Waals surface area (Å²) in [7, 11) is 0. The van der Waals surface area contributed by atoms with Crippen LogP contribution in [0.25, 0.3) is 0 Å². The largest absolute Gasteiger partial charge is 0.271 e. The molecule has 1 aliphatic carbocycles. The Morgan fingerprint density at radius 2 is 1.76 bits per heavy atom. The zero-order valence-electron chi connectivity index (χ0n) is 11.7. The van der Waals surface area contributed by atoms with Crippen LogP contribution in [0.1, 0.15) is 47.9 Å². The molecule has 1 aliphatic rings. The molecule has 1 saturated carbocycles. The first-order valence-corrected chi connectivity index (χ1v) is 7.99. The molecule has 2 aromatic rings. The van der Waals surface area contributed by atoms with Gasteiger partial charge in [0.15, 0.2) is 0 Å². The maximum Gasteiger partial charge on any atom is 0.137 e. The minimum Gasteiger partial charge on any atom is -0.271 e. The zero-order chi connectivity index (χ0) is 14.8. The minimum absolute atomic E-state index is 0.141. The summed E-state index contributed by atoms with van der Waals surface area (Å²) in [5.74, 6) is 6.16. The minimum atomic E-state index is -0.269. The van der Waals surface area contributed by atoms with Crippen LogP contribution in [-0.4, -0.2) is 0 Å². The highest BCUT2D eigenvalue weighted by atomic mass is 79.9. The lowest BCUT2D eigenvalue weighted by atomic mass is 9.79. The third kappa shape index (κ3) is 3.03. The predicted molar refractivity (Wildman–Crippen MR) is 86.3 cm³/mol. The van der Waals surface area contributed by atoms with Crippen molar-refractivity contribution in [3.63, 3.8) is 0 Å². The van der Waals surface area contributed by atoms with Crippen LogP contribution in [0, 0.1) is 5.82 Å². The Hall–Kier alpha value is -1.23. The molecule has 0 heterocycles. The Kier molecular flexibility index (Phi) is 4.38. The molecule has 0 aromatic heterocycles. The SMILES string of the molecule is NNC(c1ccc(C2CCC2)cc1)c1ccc(F)c(Br)c1. The highest BCUT2D eigenvalue weighted by molar-refractivity contribution is 9.10. The molecule has 0 amide bonds. The van der Waals surface area contributed by atoms with Crippen molar-refractivity contribution in [2.75, 3.05) is 0 Å². The van der Waals surface area contributed by atoms with Crippen molar-refractivity contribution in [3.05, 3.63) is 69.4 Å². The molecule has 3 rings (SSSR count). The van der Waals surface area contributed by atoms with E-state index in [1.807, 2.05) is 0 Å². The van der Waals surface area contributed by atoms with Crippen molar-refractivity contribution in [1.29, 1.82) is 0 Å². The number of hydrazine groups is 1. The number of hydrogen-bond acceptors (Lipinski definition) is 2. The van der Waals surface area contributed by atoms with Gasteiger partial charge in [-0.25, -0.2) is 9.82 Å². The molecular formula is C17H18BrFN2. The van der Waals surface area contributed by atoms with Crippen LogP contribution in [0.3, 0.4) is 0 Å². The number of nitrogens with two attached hydrogens (primary N) is 1. The second-order valence-electron chi connectivity index (χ2n) is 5.57. The Balaban J connectivity index is 1.86. The van der Waals surface area contributed by atoms with Crippen LogP contribution in [-0.2, 0) is 0 Å². The van der Waals surface area contributed by atoms with Gasteiger partial charge < -0.3 is 0 Å². The molecule has 0 saturated heterocycles. The molecule has 1 unspecified atom stereocenters. The van der Waals surface area contributed by atoms with Crippen LogP contribution in [0.4, 0.5) is 4.39 Å². The van der Waals surface area contributed by atoms with E-state index in [1.165, 1.54) is 30.9 Å². The third-order valence-corrected chi connectivity index (χ3v) is 4.90. The van der Waals surface area contributed by atoms with Crippen LogP contribution in [0.15, 0.2) is 46.9 Å². The lowest BCUT2D eigenvalue weighted by molar-refractivity contribution is 0.419. The highest BCUT2D eigenvalue weighted by Gasteiger charge is 2.20. The lowest BCUT2D eigenvalue weighted by Crippen LogP contribution is -2.28. The highest BCUT2D eigenvalue weighted by Crippen LogP contribution is 2.37. The average Bonchev–Trinajstić information content (AvgIpc) is 2.43. The summed E-state index contributed by atoms with van der Waals surface area (Å²) in [6.07, 6.45) is 3.93. The second kappa shape index (κ2) is 6.26. The average molecular weight is 349 g/mol. The molecule has 0 bridgehead atoms. The Bertz CT molecular complexity index is 623. The molecule has 0 aliphatic heterocycles. The van der Waals surface area contributed by atoms with Crippen LogP contribution < -0.4 is 11.3 Å². The molecule has 1 atom stereocenters. The number of benzene rings is 2. The summed E-state index contributed by atoms with van der Waals surface area (Å²) < 4.78 is 13.8. The molecule has 3 N–H and O–H groups in total. The summed E-state index contributed by atoms with van der Waals surface area (Å²) in [4.78, 5) is 0. The molecule has 1 fully saturated rings. The molecular weight excluding hydrogens is 331 g/mol. The number of nitrogens with one attached hydrogen (secondary N) is 1. The van der Waals surface area contributed by atoms with Gasteiger partial charge in [0.2, 0.25) is 0 Å². The van der Waals surface area contributed by atoms with Crippen molar-refractivity contribution in [2.45, 2.75) is 31.2 Å². The fourth-order valence-corrected chi connectivity index (χ4v) is 3.18. The maximum atomic E-state index is 13.4. The first kappa shape index (κ1) is 14.7. The van der Waals surface area contributed by atoms with Gasteiger partial charge in [-0.2, -0.15) is 0 Å². The lowest BCUT2D eigenvalue weighted by Gasteiger charge is -2.26. The van der Waals surface area contributed by atoms with E-state index in [4.69, 9.17) is 5.84 Å². The molecule has 110 valence electrons. The van der Waals surface area contributed by atoms with Crippen molar-refractivity contribution in [1.82, 2.24) is 5.43 Å². The number of halogens is 2. The monoisotopic (exact) mass is 348 g/mol. The topological polar surface area (TPSA) is 38.0 Å². The smallest absolute Gasteiger partial charge is 0.137 e. The zero-order valence-corrected chi connectivity index (χ0v) is 13.2. The Morgan fingerprint density at radius 1 is 1.10 bits per heavy atom. The standard InChI is InChI=1S/C17H18BrFN2/c18-15-10-14(8-9-16(15)19)17(21-20)13-6-4-12(5-7-13)11-2-1-3-11/h4-11,17,21H,1-3,20H2. The Labute approximate surface area is 132 Å². The van der Waals surface area contributed by atoms with Gasteiger partial charge in [0.1, 0.15) is 5.82 Å². The molecule has 21 heavy (non-hydrogen) atoms. The first-order chi connectivity index (χ1) is 10.2. The van der Waals surface area contributed by atoms with Crippen molar-refractivity contribution in [3.8, 4) is 0 Å². The third-order valence-electron chi connectivity index (χ3n) is 4.29. The summed E-state index contributed by atoms with van der Waals surface area (Å²) in [6, 6.07) is 13.4. The summed E-state index contributed by atoms with van der Waals surface area (Å²) in [5, 5.41) is 0. The van der Waals surface area contributed by atoms with Crippen LogP contribution in [0.5, 0.6) is 0 Å². The van der Waals surface area contributed by atoms with Gasteiger partial charge in [-0.15, -0.1) is 0 Å². The fraction of sp³-hybridized carbons (Fsp3) is 0.294. The Morgan fingerprint density at radius 3 is 2.29 bits per heavy atom. The van der Waals surface area contributed by atoms with Gasteiger partial charge in [0, 0.05) is 0 Å². The maximum absolute atomic E-state index is 13.4. The van der Waals surface area contributed by atoms with E-state index in [0.717, 1.165) is 17.0 Å². The first-order valence-electron chi connectivity index (χ1n) is 7.20. The van der Waals surface area contributed by atoms with Crippen LogP contribution >= 0.6 is 15.9 Å². The predicted octanol–water partition coefficient (Wildman–Crippen LogP) is 4.41. The van der Waals surface area contributed by atoms with Crippen molar-refractivity contribution >= 4 is 15.9 Å². The van der Waals surface area contributed by atoms with Gasteiger partial charge in [0.05, 0.1) is 10.5 Å². The van der Waals surface area contributed by atoms with E-state index in [9.17, 15) is 4.39 Å². The van der Waals surface area contributed by atoms with Gasteiger partial charge in [-0.05, 0) is 63.5 Å². The molecule has 4 heteroatoms. The molecule has 2 aromatic carbocycles. The van der Waals surface area contributed by atoms with Crippen molar-refractivity contribution < 1.29 is 4.39 Å². The molecule has 0 radical (unpaired) electrons. The molecule has 2 nitrogen and oxygen atoms in total. The molecule has 0 spiro atoms. The van der Waals surface area contributed by atoms with E-state index in [2.05, 4.69) is 45.6 Å². The van der Waals surface area contributed by atoms with Crippen LogP contribution in [0.2, 0.25) is 0 Å². The van der Waals surface area contributed by atoms with Gasteiger partial charge in [-0.1, -0.05) is 36.8 Å². The van der Waals surface area contributed by atoms with E-state index >= 15 is 0 Å². The van der Waals surface area contributed by atoms with Gasteiger partial charge in [-0.3, -0.25) is 5.84 Å². The number of hydrogen-bond donors (Lipinski definition) is 2. The van der Waals surface area contributed by atoms with E-state index in [1.54, 1.807) is 12.1 Å². The van der Waals surface area contributed by atoms with Crippen molar-refractivity contribution in [2.24, 2.45) is 5.84 Å². The second-order valence-corrected chi connectivity index (χ2v) is 6.42. The van der Waals surface area contributed by atoms with E-state index < -0.39 is 0 Å². The normalized spacial score (nSPS) is 16.5. The summed E-state index contributed by atoms with van der Waals surface area (Å²) in [6.45, 7) is 0. The van der Waals surface area contributed by atoms with Gasteiger partial charge >= 0.3 is 0 Å². The number of rotatable bonds is 4. The van der Waals surface area contributed by atoms with E-state index in [-0.39, 0.29) is 11.9 Å². The van der Waals surface area contributed by atoms with E-state index in [0.29, 0.717) is 4.47 Å².